The van der Waals surface area contributed by atoms with E-state index in [0.717, 1.165) is 0 Å². The summed E-state index contributed by atoms with van der Waals surface area (Å²) in [6.45, 7) is 19.3. The fourth-order valence-corrected chi connectivity index (χ4v) is 10.5. The zero-order valence-electron chi connectivity index (χ0n) is 20.7. The van der Waals surface area contributed by atoms with Gasteiger partial charge in [-0.2, -0.15) is 0 Å². The van der Waals surface area contributed by atoms with Crippen LogP contribution in [0.15, 0.2) is 35.5 Å². The van der Waals surface area contributed by atoms with Gasteiger partial charge in [0.25, 0.3) is 8.32 Å². The van der Waals surface area contributed by atoms with Crippen LogP contribution in [0.25, 0.3) is 0 Å². The van der Waals surface area contributed by atoms with E-state index in [1.54, 1.807) is 0 Å². The summed E-state index contributed by atoms with van der Waals surface area (Å²) >= 11 is 0. The first kappa shape index (κ1) is 23.5. The predicted octanol–water partition coefficient (Wildman–Crippen LogP) is 4.68. The molecule has 0 spiro atoms. The highest BCUT2D eigenvalue weighted by atomic mass is 28.4. The second-order valence-corrected chi connectivity index (χ2v) is 13.3. The van der Waals surface area contributed by atoms with Crippen molar-refractivity contribution >= 4 is 24.7 Å². The zero-order chi connectivity index (χ0) is 23.3. The van der Waals surface area contributed by atoms with E-state index < -0.39 is 8.32 Å². The maximum Gasteiger partial charge on any atom is 0.332 e. The van der Waals surface area contributed by atoms with Gasteiger partial charge in [0.1, 0.15) is 0 Å². The predicted molar refractivity (Wildman–Crippen MR) is 131 cm³/mol. The molecule has 2 aromatic carbocycles. The first-order valence-corrected chi connectivity index (χ1v) is 12.9. The van der Waals surface area contributed by atoms with Gasteiger partial charge in [0.05, 0.1) is 18.4 Å². The third kappa shape index (κ3) is 3.92. The van der Waals surface area contributed by atoms with Crippen molar-refractivity contribution in [3.63, 3.8) is 0 Å². The minimum Gasteiger partial charge on any atom is -0.466 e. The molecule has 0 aliphatic carbocycles. The molecule has 1 aliphatic heterocycles. The average molecular weight is 437 g/mol. The van der Waals surface area contributed by atoms with E-state index in [9.17, 15) is 4.79 Å². The Balaban J connectivity index is 2.51. The van der Waals surface area contributed by atoms with Gasteiger partial charge in [-0.1, -0.05) is 56.2 Å². The fourth-order valence-electron chi connectivity index (χ4n) is 5.29. The summed E-state index contributed by atoms with van der Waals surface area (Å²) in [5.41, 5.74) is 6.98. The molecule has 0 N–H and O–H groups in total. The Kier molecular flexibility index (Phi) is 6.11. The average Bonchev–Trinajstić information content (AvgIpc) is 3.00. The molecule has 2 aromatic rings. The monoisotopic (exact) mass is 436 g/mol. The molecule has 0 bridgehead atoms. The highest BCUT2D eigenvalue weighted by Gasteiger charge is 2.56. The molecule has 3 nitrogen and oxygen atoms in total. The second-order valence-electron chi connectivity index (χ2n) is 10.2. The molecule has 4 heteroatoms. The lowest BCUT2D eigenvalue weighted by atomic mass is 9.89. The normalized spacial score (nSPS) is 18.1. The lowest BCUT2D eigenvalue weighted by Crippen LogP contribution is -2.66. The maximum absolute atomic E-state index is 13.3. The number of carbonyl (C=O) groups excluding carboxylic acids is 1. The van der Waals surface area contributed by atoms with E-state index in [-0.39, 0.29) is 17.5 Å². The minimum absolute atomic E-state index is 0.146. The van der Waals surface area contributed by atoms with Crippen LogP contribution in [-0.4, -0.2) is 27.5 Å². The van der Waals surface area contributed by atoms with E-state index in [0.29, 0.717) is 5.20 Å². The molecule has 0 saturated heterocycles. The number of ether oxygens (including phenoxy) is 1. The summed E-state index contributed by atoms with van der Waals surface area (Å²) in [6.07, 6.45) is 1.88. The summed E-state index contributed by atoms with van der Waals surface area (Å²) in [5, 5.41) is 3.06. The molecule has 0 fully saturated rings. The van der Waals surface area contributed by atoms with Crippen molar-refractivity contribution in [3.05, 3.63) is 68.9 Å². The first-order chi connectivity index (χ1) is 14.3. The molecule has 1 unspecified atom stereocenters. The Hall–Kier alpha value is -2.17. The van der Waals surface area contributed by atoms with Crippen molar-refractivity contribution in [2.45, 2.75) is 68.4 Å². The van der Waals surface area contributed by atoms with E-state index in [1.807, 2.05) is 0 Å². The number of methoxy groups -OCH3 is 1. The summed E-state index contributed by atoms with van der Waals surface area (Å²) in [4.78, 5) is 13.3. The first-order valence-electron chi connectivity index (χ1n) is 11.0. The van der Waals surface area contributed by atoms with Gasteiger partial charge < -0.3 is 9.16 Å². The van der Waals surface area contributed by atoms with Crippen LogP contribution in [0.2, 0.25) is 0 Å². The van der Waals surface area contributed by atoms with Gasteiger partial charge in [0, 0.05) is 0 Å². The van der Waals surface area contributed by atoms with Gasteiger partial charge >= 0.3 is 5.97 Å². The largest absolute Gasteiger partial charge is 0.466 e. The number of hydrogen-bond donors (Lipinski definition) is 0. The van der Waals surface area contributed by atoms with E-state index in [4.69, 9.17) is 9.16 Å². The lowest BCUT2D eigenvalue weighted by molar-refractivity contribution is -0.135. The molecule has 0 aromatic heterocycles. The van der Waals surface area contributed by atoms with E-state index in [1.165, 1.54) is 50.9 Å². The van der Waals surface area contributed by atoms with Crippen LogP contribution in [0.3, 0.4) is 0 Å². The van der Waals surface area contributed by atoms with Crippen LogP contribution in [-0.2, 0) is 14.0 Å². The number of benzene rings is 2. The van der Waals surface area contributed by atoms with Crippen molar-refractivity contribution in [3.8, 4) is 0 Å². The van der Waals surface area contributed by atoms with Gasteiger partial charge in [0.15, 0.2) is 0 Å². The van der Waals surface area contributed by atoms with Crippen LogP contribution >= 0.6 is 0 Å². The quantitative estimate of drug-likeness (QED) is 0.518. The summed E-state index contributed by atoms with van der Waals surface area (Å²) in [5.74, 6) is -0.280. The zero-order valence-corrected chi connectivity index (χ0v) is 21.7. The second kappa shape index (κ2) is 8.07. The molecule has 166 valence electrons. The van der Waals surface area contributed by atoms with E-state index in [2.05, 4.69) is 92.7 Å². The number of rotatable bonds is 3. The van der Waals surface area contributed by atoms with Crippen LogP contribution in [0.1, 0.15) is 54.2 Å². The SMILES string of the molecule is COC(=O)C1=CC(C(C)(C)C)O[Si]1(c1c(C)cc(C)cc1C)c1c(C)cc(C)cc1C. The molecule has 1 atom stereocenters. The molecule has 1 aliphatic rings. The van der Waals surface area contributed by atoms with Crippen LogP contribution in [0.5, 0.6) is 0 Å². The molecule has 0 amide bonds. The Morgan fingerprint density at radius 2 is 1.23 bits per heavy atom. The smallest absolute Gasteiger partial charge is 0.332 e. The minimum atomic E-state index is -3.11. The van der Waals surface area contributed by atoms with Crippen molar-refractivity contribution < 1.29 is 14.0 Å². The van der Waals surface area contributed by atoms with Crippen molar-refractivity contribution in [1.29, 1.82) is 0 Å². The standard InChI is InChI=1S/C27H36O3Si/c1-16-11-18(3)24(19(4)12-16)31(25-20(5)13-17(2)14-21(25)6)22(26(28)29-10)15-23(30-31)27(7,8)9/h11-15,23H,1-10H3. The molecular weight excluding hydrogens is 400 g/mol. The van der Waals surface area contributed by atoms with Crippen molar-refractivity contribution in [2.24, 2.45) is 5.41 Å². The maximum atomic E-state index is 13.3. The molecule has 0 radical (unpaired) electrons. The van der Waals surface area contributed by atoms with Crippen LogP contribution < -0.4 is 10.4 Å². The summed E-state index contributed by atoms with van der Waals surface area (Å²) in [7, 11) is -1.64. The van der Waals surface area contributed by atoms with E-state index >= 15 is 0 Å². The van der Waals surface area contributed by atoms with Gasteiger partial charge in [-0.15, -0.1) is 0 Å². The van der Waals surface area contributed by atoms with Crippen molar-refractivity contribution in [2.75, 3.05) is 7.11 Å². The Morgan fingerprint density at radius 3 is 1.55 bits per heavy atom. The summed E-state index contributed by atoms with van der Waals surface area (Å²) in [6, 6.07) is 8.83. The van der Waals surface area contributed by atoms with Gasteiger partial charge in [-0.05, 0) is 85.7 Å². The fraction of sp³-hybridized carbons (Fsp3) is 0.444. The Morgan fingerprint density at radius 1 is 0.839 bits per heavy atom. The Labute approximate surface area is 188 Å². The molecule has 1 heterocycles. The molecule has 3 rings (SSSR count). The highest BCUT2D eigenvalue weighted by Crippen LogP contribution is 2.38. The molecular formula is C27H36O3Si. The number of aryl methyl sites for hydroxylation is 6. The third-order valence-corrected chi connectivity index (χ3v) is 11.0. The van der Waals surface area contributed by atoms with Crippen molar-refractivity contribution in [1.82, 2.24) is 0 Å². The topological polar surface area (TPSA) is 35.5 Å². The number of carbonyl (C=O) groups is 1. The number of esters is 1. The third-order valence-electron chi connectivity index (χ3n) is 6.32. The Bertz CT molecular complexity index is 969. The van der Waals surface area contributed by atoms with Crippen LogP contribution in [0.4, 0.5) is 0 Å². The molecule has 31 heavy (non-hydrogen) atoms. The lowest BCUT2D eigenvalue weighted by Gasteiger charge is -2.37. The van der Waals surface area contributed by atoms with Gasteiger partial charge in [-0.3, -0.25) is 0 Å². The van der Waals surface area contributed by atoms with Crippen LogP contribution in [0, 0.1) is 47.0 Å². The summed E-state index contributed by atoms with van der Waals surface area (Å²) < 4.78 is 12.5. The van der Waals surface area contributed by atoms with Gasteiger partial charge in [0.2, 0.25) is 0 Å². The highest BCUT2D eigenvalue weighted by molar-refractivity contribution is 7.06. The van der Waals surface area contributed by atoms with Gasteiger partial charge in [-0.25, -0.2) is 4.79 Å². The molecule has 0 saturated carbocycles. The number of hydrogen-bond acceptors (Lipinski definition) is 3.